The lowest BCUT2D eigenvalue weighted by molar-refractivity contribution is 0.0870. The number of nitrogens with one attached hydrogen (secondary N) is 1. The summed E-state index contributed by atoms with van der Waals surface area (Å²) in [5.74, 6) is 0. The zero-order valence-corrected chi connectivity index (χ0v) is 11.4. The summed E-state index contributed by atoms with van der Waals surface area (Å²) in [5, 5.41) is 7.14. The van der Waals surface area contributed by atoms with Crippen LogP contribution < -0.4 is 10.9 Å². The number of hydrogen-bond donors (Lipinski definition) is 1. The van der Waals surface area contributed by atoms with Gasteiger partial charge in [0.15, 0.2) is 0 Å². The van der Waals surface area contributed by atoms with Crippen LogP contribution in [-0.2, 0) is 11.3 Å². The first-order chi connectivity index (χ1) is 8.56. The van der Waals surface area contributed by atoms with Gasteiger partial charge in [-0.3, -0.25) is 4.79 Å². The molecule has 0 fully saturated rings. The third kappa shape index (κ3) is 4.16. The van der Waals surface area contributed by atoms with E-state index in [-0.39, 0.29) is 16.7 Å². The molecule has 1 rings (SSSR count). The van der Waals surface area contributed by atoms with Crippen LogP contribution in [0.1, 0.15) is 13.8 Å². The molecule has 6 heteroatoms. The highest BCUT2D eigenvalue weighted by Gasteiger charge is 2.07. The molecule has 1 N–H and O–H groups in total. The summed E-state index contributed by atoms with van der Waals surface area (Å²) in [5.41, 5.74) is 0.195. The Labute approximate surface area is 111 Å². The molecule has 0 aliphatic carbocycles. The number of rotatable bonds is 7. The second-order valence-corrected chi connectivity index (χ2v) is 4.37. The van der Waals surface area contributed by atoms with E-state index in [1.54, 1.807) is 6.08 Å². The molecule has 1 heterocycles. The number of aromatic nitrogens is 2. The van der Waals surface area contributed by atoms with E-state index in [2.05, 4.69) is 17.0 Å². The SMILES string of the molecule is C=CCn1ncc(NCCOC(C)C)c(Cl)c1=O. The lowest BCUT2D eigenvalue weighted by atomic mass is 10.4. The van der Waals surface area contributed by atoms with Crippen LogP contribution in [0.2, 0.25) is 5.02 Å². The summed E-state index contributed by atoms with van der Waals surface area (Å²) in [6.07, 6.45) is 3.30. The predicted octanol–water partition coefficient (Wildman–Crippen LogP) is 1.92. The normalized spacial score (nSPS) is 10.7. The third-order valence-corrected chi connectivity index (χ3v) is 2.52. The molecule has 18 heavy (non-hydrogen) atoms. The Morgan fingerprint density at radius 3 is 3.00 bits per heavy atom. The predicted molar refractivity (Wildman–Crippen MR) is 73.3 cm³/mol. The van der Waals surface area contributed by atoms with Gasteiger partial charge in [0, 0.05) is 6.54 Å². The Kier molecular flexibility index (Phi) is 5.88. The van der Waals surface area contributed by atoms with E-state index < -0.39 is 0 Å². The smallest absolute Gasteiger partial charge is 0.287 e. The molecule has 0 saturated heterocycles. The van der Waals surface area contributed by atoms with Crippen LogP contribution in [-0.4, -0.2) is 29.0 Å². The fraction of sp³-hybridized carbons (Fsp3) is 0.500. The first kappa shape index (κ1) is 14.7. The number of anilines is 1. The molecule has 0 aliphatic heterocycles. The maximum Gasteiger partial charge on any atom is 0.287 e. The number of allylic oxidation sites excluding steroid dienone is 1. The molecule has 0 bridgehead atoms. The van der Waals surface area contributed by atoms with Crippen molar-refractivity contribution in [2.75, 3.05) is 18.5 Å². The van der Waals surface area contributed by atoms with Crippen molar-refractivity contribution in [2.45, 2.75) is 26.5 Å². The fourth-order valence-electron chi connectivity index (χ4n) is 1.32. The van der Waals surface area contributed by atoms with Crippen LogP contribution in [0, 0.1) is 0 Å². The van der Waals surface area contributed by atoms with E-state index in [1.807, 2.05) is 13.8 Å². The highest BCUT2D eigenvalue weighted by Crippen LogP contribution is 2.14. The highest BCUT2D eigenvalue weighted by molar-refractivity contribution is 6.32. The van der Waals surface area contributed by atoms with Gasteiger partial charge in [0.1, 0.15) is 5.02 Å². The van der Waals surface area contributed by atoms with Gasteiger partial charge >= 0.3 is 0 Å². The number of ether oxygens (including phenoxy) is 1. The van der Waals surface area contributed by atoms with Crippen molar-refractivity contribution in [1.29, 1.82) is 0 Å². The van der Waals surface area contributed by atoms with Crippen LogP contribution in [0.15, 0.2) is 23.6 Å². The quantitative estimate of drug-likeness (QED) is 0.608. The Morgan fingerprint density at radius 2 is 2.39 bits per heavy atom. The minimum Gasteiger partial charge on any atom is -0.380 e. The van der Waals surface area contributed by atoms with Crippen LogP contribution in [0.25, 0.3) is 0 Å². The summed E-state index contributed by atoms with van der Waals surface area (Å²) in [7, 11) is 0. The van der Waals surface area contributed by atoms with Crippen LogP contribution in [0.5, 0.6) is 0 Å². The van der Waals surface area contributed by atoms with Gasteiger partial charge in [-0.15, -0.1) is 6.58 Å². The van der Waals surface area contributed by atoms with E-state index in [4.69, 9.17) is 16.3 Å². The summed E-state index contributed by atoms with van der Waals surface area (Å²) < 4.78 is 6.63. The van der Waals surface area contributed by atoms with Crippen molar-refractivity contribution >= 4 is 17.3 Å². The van der Waals surface area contributed by atoms with Crippen molar-refractivity contribution in [3.05, 3.63) is 34.2 Å². The van der Waals surface area contributed by atoms with Crippen molar-refractivity contribution in [1.82, 2.24) is 9.78 Å². The van der Waals surface area contributed by atoms with Gasteiger partial charge in [0.2, 0.25) is 0 Å². The van der Waals surface area contributed by atoms with Crippen molar-refractivity contribution in [3.63, 3.8) is 0 Å². The number of nitrogens with zero attached hydrogens (tertiary/aromatic N) is 2. The summed E-state index contributed by atoms with van der Waals surface area (Å²) in [6, 6.07) is 0. The molecule has 100 valence electrons. The monoisotopic (exact) mass is 271 g/mol. The maximum atomic E-state index is 11.8. The van der Waals surface area contributed by atoms with Crippen LogP contribution >= 0.6 is 11.6 Å². The molecule has 0 saturated carbocycles. The second-order valence-electron chi connectivity index (χ2n) is 3.99. The number of hydrogen-bond acceptors (Lipinski definition) is 4. The Balaban J connectivity index is 2.65. The zero-order valence-electron chi connectivity index (χ0n) is 10.6. The zero-order chi connectivity index (χ0) is 13.5. The molecule has 0 aliphatic rings. The van der Waals surface area contributed by atoms with E-state index in [9.17, 15) is 4.79 Å². The van der Waals surface area contributed by atoms with E-state index in [1.165, 1.54) is 10.9 Å². The standard InChI is InChI=1S/C12H18ClN3O2/c1-4-6-16-12(17)11(13)10(8-15-16)14-5-7-18-9(2)3/h4,8-9,14H,1,5-7H2,2-3H3. The molecule has 0 amide bonds. The van der Waals surface area contributed by atoms with Crippen molar-refractivity contribution in [2.24, 2.45) is 0 Å². The van der Waals surface area contributed by atoms with Gasteiger partial charge in [-0.2, -0.15) is 5.10 Å². The van der Waals surface area contributed by atoms with Gasteiger partial charge in [0.25, 0.3) is 5.56 Å². The summed E-state index contributed by atoms with van der Waals surface area (Å²) >= 11 is 5.96. The maximum absolute atomic E-state index is 11.8. The van der Waals surface area contributed by atoms with E-state index >= 15 is 0 Å². The average molecular weight is 272 g/mol. The topological polar surface area (TPSA) is 56.1 Å². The highest BCUT2D eigenvalue weighted by atomic mass is 35.5. The Bertz CT molecular complexity index is 457. The number of halogens is 1. The molecule has 0 atom stereocenters. The molecule has 0 unspecified atom stereocenters. The fourth-order valence-corrected chi connectivity index (χ4v) is 1.53. The lowest BCUT2D eigenvalue weighted by Gasteiger charge is -2.11. The lowest BCUT2D eigenvalue weighted by Crippen LogP contribution is -2.24. The first-order valence-corrected chi connectivity index (χ1v) is 6.16. The summed E-state index contributed by atoms with van der Waals surface area (Å²) in [4.78, 5) is 11.8. The largest absolute Gasteiger partial charge is 0.380 e. The molecule has 1 aromatic rings. The van der Waals surface area contributed by atoms with E-state index in [0.717, 1.165) is 0 Å². The van der Waals surface area contributed by atoms with Gasteiger partial charge in [-0.1, -0.05) is 17.7 Å². The minimum absolute atomic E-state index is 0.136. The molecular weight excluding hydrogens is 254 g/mol. The Morgan fingerprint density at radius 1 is 1.67 bits per heavy atom. The molecular formula is C12H18ClN3O2. The summed E-state index contributed by atoms with van der Waals surface area (Å²) in [6.45, 7) is 8.94. The average Bonchev–Trinajstić information content (AvgIpc) is 2.33. The van der Waals surface area contributed by atoms with E-state index in [0.29, 0.717) is 25.4 Å². The molecule has 0 spiro atoms. The van der Waals surface area contributed by atoms with Gasteiger partial charge in [-0.25, -0.2) is 4.68 Å². The minimum atomic E-state index is -0.327. The van der Waals surface area contributed by atoms with Crippen molar-refractivity contribution in [3.8, 4) is 0 Å². The second kappa shape index (κ2) is 7.18. The van der Waals surface area contributed by atoms with Gasteiger partial charge in [-0.05, 0) is 13.8 Å². The third-order valence-electron chi connectivity index (χ3n) is 2.16. The van der Waals surface area contributed by atoms with Crippen LogP contribution in [0.4, 0.5) is 5.69 Å². The molecule has 0 radical (unpaired) electrons. The molecule has 5 nitrogen and oxygen atoms in total. The molecule has 1 aromatic heterocycles. The molecule has 0 aromatic carbocycles. The van der Waals surface area contributed by atoms with Gasteiger partial charge in [0.05, 0.1) is 31.1 Å². The van der Waals surface area contributed by atoms with Crippen LogP contribution in [0.3, 0.4) is 0 Å². The Hall–Kier alpha value is -1.33. The van der Waals surface area contributed by atoms with Crippen molar-refractivity contribution < 1.29 is 4.74 Å². The van der Waals surface area contributed by atoms with Gasteiger partial charge < -0.3 is 10.1 Å². The first-order valence-electron chi connectivity index (χ1n) is 5.78.